The van der Waals surface area contributed by atoms with Crippen LogP contribution >= 0.6 is 0 Å². The topological polar surface area (TPSA) is 58.6 Å². The lowest BCUT2D eigenvalue weighted by atomic mass is 9.92. The molecule has 0 bridgehead atoms. The van der Waals surface area contributed by atoms with Gasteiger partial charge in [-0.2, -0.15) is 0 Å². The summed E-state index contributed by atoms with van der Waals surface area (Å²) in [5.74, 6) is -1.02. The molecular formula is C21H23FN2O3. The first-order valence-corrected chi connectivity index (χ1v) is 8.95. The van der Waals surface area contributed by atoms with Crippen LogP contribution in [0.5, 0.6) is 0 Å². The maximum atomic E-state index is 13.0. The number of benzene rings is 2. The molecule has 0 unspecified atom stereocenters. The Morgan fingerprint density at radius 1 is 1.19 bits per heavy atom. The van der Waals surface area contributed by atoms with Crippen molar-refractivity contribution in [2.45, 2.75) is 19.0 Å². The molecule has 3 rings (SSSR count). The minimum Gasteiger partial charge on any atom is -0.383 e. The minimum absolute atomic E-state index is 0.0529. The Kier molecular flexibility index (Phi) is 6.19. The number of nitrogens with one attached hydrogen (secondary N) is 1. The highest BCUT2D eigenvalue weighted by atomic mass is 19.1. The number of methoxy groups -OCH3 is 1. The summed E-state index contributed by atoms with van der Waals surface area (Å²) < 4.78 is 18.1. The summed E-state index contributed by atoms with van der Waals surface area (Å²) in [6.45, 7) is 1.15. The average molecular weight is 370 g/mol. The summed E-state index contributed by atoms with van der Waals surface area (Å²) in [5.41, 5.74) is 1.74. The third-order valence-corrected chi connectivity index (χ3v) is 4.83. The predicted molar refractivity (Wildman–Crippen MR) is 99.1 cm³/mol. The molecule has 2 aromatic carbocycles. The van der Waals surface area contributed by atoms with E-state index in [9.17, 15) is 14.0 Å². The monoisotopic (exact) mass is 370 g/mol. The largest absolute Gasteiger partial charge is 0.383 e. The number of amides is 2. The van der Waals surface area contributed by atoms with Crippen molar-refractivity contribution >= 4 is 11.8 Å². The van der Waals surface area contributed by atoms with Gasteiger partial charge in [0, 0.05) is 26.6 Å². The van der Waals surface area contributed by atoms with Gasteiger partial charge in [0.05, 0.1) is 18.6 Å². The van der Waals surface area contributed by atoms with E-state index in [2.05, 4.69) is 5.32 Å². The second-order valence-corrected chi connectivity index (χ2v) is 6.59. The number of hydrogen-bond donors (Lipinski definition) is 1. The average Bonchev–Trinajstić information content (AvgIpc) is 3.02. The molecule has 5 nitrogen and oxygen atoms in total. The summed E-state index contributed by atoms with van der Waals surface area (Å²) >= 11 is 0. The molecule has 1 N–H and O–H groups in total. The van der Waals surface area contributed by atoms with Crippen LogP contribution in [0.3, 0.4) is 0 Å². The van der Waals surface area contributed by atoms with Crippen LogP contribution < -0.4 is 5.32 Å². The highest BCUT2D eigenvalue weighted by molar-refractivity contribution is 5.90. The molecule has 1 saturated heterocycles. The van der Waals surface area contributed by atoms with E-state index in [0.717, 1.165) is 11.1 Å². The lowest BCUT2D eigenvalue weighted by Gasteiger charge is -2.28. The number of halogens is 1. The van der Waals surface area contributed by atoms with E-state index in [1.165, 1.54) is 12.1 Å². The van der Waals surface area contributed by atoms with Crippen molar-refractivity contribution in [3.8, 4) is 0 Å². The Bertz CT molecular complexity index is 780. The smallest absolute Gasteiger partial charge is 0.226 e. The summed E-state index contributed by atoms with van der Waals surface area (Å²) in [7, 11) is 1.59. The zero-order valence-electron chi connectivity index (χ0n) is 15.2. The first-order valence-electron chi connectivity index (χ1n) is 8.95. The van der Waals surface area contributed by atoms with Crippen LogP contribution in [0.15, 0.2) is 54.6 Å². The number of ether oxygens (including phenoxy) is 1. The van der Waals surface area contributed by atoms with Gasteiger partial charge in [0.25, 0.3) is 0 Å². The van der Waals surface area contributed by atoms with Crippen molar-refractivity contribution < 1.29 is 18.7 Å². The maximum absolute atomic E-state index is 13.0. The molecule has 1 aliphatic rings. The number of carbonyl (C=O) groups is 2. The fourth-order valence-electron chi connectivity index (χ4n) is 3.46. The molecule has 0 spiro atoms. The van der Waals surface area contributed by atoms with E-state index >= 15 is 0 Å². The molecule has 1 aliphatic heterocycles. The molecule has 1 fully saturated rings. The van der Waals surface area contributed by atoms with Crippen LogP contribution in [0.4, 0.5) is 4.39 Å². The van der Waals surface area contributed by atoms with Gasteiger partial charge in [-0.25, -0.2) is 4.39 Å². The number of nitrogens with zero attached hydrogens (tertiary/aromatic N) is 1. The van der Waals surface area contributed by atoms with Gasteiger partial charge in [-0.3, -0.25) is 9.59 Å². The third kappa shape index (κ3) is 4.52. The normalized spacial score (nSPS) is 19.3. The van der Waals surface area contributed by atoms with E-state index in [1.807, 2.05) is 30.3 Å². The van der Waals surface area contributed by atoms with Crippen LogP contribution in [0.25, 0.3) is 0 Å². The molecule has 1 heterocycles. The molecule has 0 saturated carbocycles. The lowest BCUT2D eigenvalue weighted by Crippen LogP contribution is -2.36. The number of likely N-dealkylation sites (tertiary alicyclic amines) is 1. The summed E-state index contributed by atoms with van der Waals surface area (Å²) in [6, 6.07) is 15.3. The van der Waals surface area contributed by atoms with Crippen LogP contribution in [0.1, 0.15) is 23.6 Å². The second-order valence-electron chi connectivity index (χ2n) is 6.59. The fourth-order valence-corrected chi connectivity index (χ4v) is 3.46. The highest BCUT2D eigenvalue weighted by Gasteiger charge is 2.44. The van der Waals surface area contributed by atoms with Crippen molar-refractivity contribution in [3.05, 3.63) is 71.5 Å². The molecule has 2 atom stereocenters. The Morgan fingerprint density at radius 3 is 2.56 bits per heavy atom. The Hall–Kier alpha value is -2.73. The molecule has 27 heavy (non-hydrogen) atoms. The maximum Gasteiger partial charge on any atom is 0.226 e. The zero-order valence-corrected chi connectivity index (χ0v) is 15.2. The van der Waals surface area contributed by atoms with E-state index in [0.29, 0.717) is 19.7 Å². The van der Waals surface area contributed by atoms with E-state index < -0.39 is 5.92 Å². The third-order valence-electron chi connectivity index (χ3n) is 4.83. The SMILES string of the molecule is COCCN1C(=O)C[C@@H](C(=O)NCc2ccc(F)cc2)[C@@H]1c1ccccc1. The molecular weight excluding hydrogens is 347 g/mol. The molecule has 0 radical (unpaired) electrons. The van der Waals surface area contributed by atoms with Gasteiger partial charge in [0.1, 0.15) is 5.82 Å². The molecule has 142 valence electrons. The van der Waals surface area contributed by atoms with Crippen molar-refractivity contribution in [1.82, 2.24) is 10.2 Å². The second kappa shape index (κ2) is 8.77. The first kappa shape index (κ1) is 19.0. The molecule has 0 aliphatic carbocycles. The Balaban J connectivity index is 1.75. The van der Waals surface area contributed by atoms with Crippen molar-refractivity contribution in [1.29, 1.82) is 0 Å². The summed E-state index contributed by atoms with van der Waals surface area (Å²) in [5, 5.41) is 2.89. The molecule has 0 aromatic heterocycles. The minimum atomic E-state index is -0.475. The summed E-state index contributed by atoms with van der Waals surface area (Å²) in [4.78, 5) is 27.1. The lowest BCUT2D eigenvalue weighted by molar-refractivity contribution is -0.129. The van der Waals surface area contributed by atoms with Crippen molar-refractivity contribution in [3.63, 3.8) is 0 Å². The standard InChI is InChI=1S/C21H23FN2O3/c1-27-12-11-24-19(25)13-18(20(24)16-5-3-2-4-6-16)21(26)23-14-15-7-9-17(22)10-8-15/h2-10,18,20H,11-14H2,1H3,(H,23,26)/t18-,20+/m1/s1. The van der Waals surface area contributed by atoms with Crippen LogP contribution in [0.2, 0.25) is 0 Å². The zero-order chi connectivity index (χ0) is 19.2. The molecule has 2 amide bonds. The van der Waals surface area contributed by atoms with Crippen LogP contribution in [-0.4, -0.2) is 37.0 Å². The van der Waals surface area contributed by atoms with Gasteiger partial charge in [-0.05, 0) is 23.3 Å². The molecule has 2 aromatic rings. The number of carbonyl (C=O) groups excluding carboxylic acids is 2. The Labute approximate surface area is 158 Å². The van der Waals surface area contributed by atoms with Gasteiger partial charge < -0.3 is 15.0 Å². The highest BCUT2D eigenvalue weighted by Crippen LogP contribution is 2.38. The van der Waals surface area contributed by atoms with Gasteiger partial charge in [0.2, 0.25) is 11.8 Å². The van der Waals surface area contributed by atoms with Gasteiger partial charge in [-0.15, -0.1) is 0 Å². The van der Waals surface area contributed by atoms with E-state index in [1.54, 1.807) is 24.1 Å². The van der Waals surface area contributed by atoms with Crippen molar-refractivity contribution in [2.24, 2.45) is 5.92 Å². The van der Waals surface area contributed by atoms with Gasteiger partial charge in [0.15, 0.2) is 0 Å². The first-order chi connectivity index (χ1) is 13.1. The van der Waals surface area contributed by atoms with Gasteiger partial charge >= 0.3 is 0 Å². The van der Waals surface area contributed by atoms with Crippen LogP contribution in [0, 0.1) is 11.7 Å². The quantitative estimate of drug-likeness (QED) is 0.815. The molecule has 6 heteroatoms. The van der Waals surface area contributed by atoms with Gasteiger partial charge in [-0.1, -0.05) is 42.5 Å². The Morgan fingerprint density at radius 2 is 1.89 bits per heavy atom. The number of hydrogen-bond acceptors (Lipinski definition) is 3. The fraction of sp³-hybridized carbons (Fsp3) is 0.333. The van der Waals surface area contributed by atoms with Crippen LogP contribution in [-0.2, 0) is 20.9 Å². The summed E-state index contributed by atoms with van der Waals surface area (Å²) in [6.07, 6.45) is 0.165. The predicted octanol–water partition coefficient (Wildman–Crippen LogP) is 2.68. The number of rotatable bonds is 7. The van der Waals surface area contributed by atoms with E-state index in [-0.39, 0.29) is 30.1 Å². The van der Waals surface area contributed by atoms with E-state index in [4.69, 9.17) is 4.74 Å². The van der Waals surface area contributed by atoms with Crippen molar-refractivity contribution in [2.75, 3.05) is 20.3 Å².